The number of likely N-dealkylation sites (N-methyl/N-ethyl adjacent to an activating group) is 1. The Labute approximate surface area is 140 Å². The molecule has 1 fully saturated rings. The minimum Gasteiger partial charge on any atom is -0.373 e. The van der Waals surface area contributed by atoms with Gasteiger partial charge in [-0.15, -0.1) is 11.3 Å². The number of hydrogen-bond acceptors (Lipinski definition) is 5. The zero-order chi connectivity index (χ0) is 16.4. The van der Waals surface area contributed by atoms with Gasteiger partial charge in [0.05, 0.1) is 35.5 Å². The molecule has 0 radical (unpaired) electrons. The van der Waals surface area contributed by atoms with Gasteiger partial charge in [0.15, 0.2) is 0 Å². The molecule has 0 bridgehead atoms. The topological polar surface area (TPSA) is 45.7 Å². The first-order valence-electron chi connectivity index (χ1n) is 7.97. The summed E-state index contributed by atoms with van der Waals surface area (Å²) >= 11 is 1.65. The van der Waals surface area contributed by atoms with Gasteiger partial charge in [-0.3, -0.25) is 9.69 Å². The summed E-state index contributed by atoms with van der Waals surface area (Å²) in [6.07, 6.45) is 0.363. The van der Waals surface area contributed by atoms with E-state index in [1.807, 2.05) is 25.2 Å². The molecule has 1 amide bonds. The van der Waals surface area contributed by atoms with Crippen LogP contribution in [-0.2, 0) is 16.1 Å². The third-order valence-electron chi connectivity index (χ3n) is 3.99. The zero-order valence-corrected chi connectivity index (χ0v) is 14.7. The van der Waals surface area contributed by atoms with Crippen LogP contribution in [0.3, 0.4) is 0 Å². The Morgan fingerprint density at radius 3 is 2.74 bits per heavy atom. The Morgan fingerprint density at radius 2 is 2.04 bits per heavy atom. The van der Waals surface area contributed by atoms with Gasteiger partial charge in [-0.05, 0) is 26.0 Å². The predicted molar refractivity (Wildman–Crippen MR) is 92.5 cm³/mol. The summed E-state index contributed by atoms with van der Waals surface area (Å²) in [5.41, 5.74) is 1.00. The molecule has 1 aliphatic heterocycles. The molecule has 1 aromatic carbocycles. The highest BCUT2D eigenvalue weighted by molar-refractivity contribution is 7.18. The molecule has 0 N–H and O–H groups in total. The van der Waals surface area contributed by atoms with Crippen molar-refractivity contribution in [3.05, 3.63) is 29.3 Å². The van der Waals surface area contributed by atoms with Gasteiger partial charge in [0.1, 0.15) is 5.01 Å². The second-order valence-corrected chi connectivity index (χ2v) is 7.39. The lowest BCUT2D eigenvalue weighted by atomic mass is 10.2. The molecule has 1 aliphatic rings. The summed E-state index contributed by atoms with van der Waals surface area (Å²) in [5, 5.41) is 0.978. The summed E-state index contributed by atoms with van der Waals surface area (Å²) in [7, 11) is 1.85. The SMILES string of the molecule is C[C@H]1CN(CC(=O)N(C)Cc2nc3ccccc3s2)C[C@H](C)O1. The van der Waals surface area contributed by atoms with Gasteiger partial charge in [-0.2, -0.15) is 0 Å². The van der Waals surface area contributed by atoms with Crippen LogP contribution < -0.4 is 0 Å². The normalized spacial score (nSPS) is 22.4. The number of hydrogen-bond donors (Lipinski definition) is 0. The summed E-state index contributed by atoms with van der Waals surface area (Å²) in [6.45, 7) is 6.74. The van der Waals surface area contributed by atoms with E-state index in [4.69, 9.17) is 4.74 Å². The number of morpholine rings is 1. The van der Waals surface area contributed by atoms with Crippen molar-refractivity contribution in [1.29, 1.82) is 0 Å². The Balaban J connectivity index is 1.58. The molecule has 0 unspecified atom stereocenters. The summed E-state index contributed by atoms with van der Waals surface area (Å²) in [5.74, 6) is 0.130. The minimum atomic E-state index is 0.130. The van der Waals surface area contributed by atoms with Crippen LogP contribution in [0.25, 0.3) is 10.2 Å². The number of fused-ring (bicyclic) bond motifs is 1. The molecule has 23 heavy (non-hydrogen) atoms. The fourth-order valence-corrected chi connectivity index (χ4v) is 4.03. The predicted octanol–water partition coefficient (Wildman–Crippen LogP) is 2.36. The number of amides is 1. The number of nitrogens with zero attached hydrogens (tertiary/aromatic N) is 3. The maximum absolute atomic E-state index is 12.5. The Bertz CT molecular complexity index is 644. The molecule has 2 heterocycles. The molecular weight excluding hydrogens is 310 g/mol. The molecule has 0 aliphatic carbocycles. The van der Waals surface area contributed by atoms with E-state index in [1.54, 1.807) is 16.2 Å². The van der Waals surface area contributed by atoms with Gasteiger partial charge < -0.3 is 9.64 Å². The van der Waals surface area contributed by atoms with Crippen molar-refractivity contribution in [1.82, 2.24) is 14.8 Å². The van der Waals surface area contributed by atoms with Crippen molar-refractivity contribution in [2.24, 2.45) is 0 Å². The van der Waals surface area contributed by atoms with Crippen molar-refractivity contribution in [2.45, 2.75) is 32.6 Å². The van der Waals surface area contributed by atoms with Gasteiger partial charge in [0.2, 0.25) is 5.91 Å². The quantitative estimate of drug-likeness (QED) is 0.862. The van der Waals surface area contributed by atoms with Crippen LogP contribution in [0.4, 0.5) is 0 Å². The number of para-hydroxylation sites is 1. The highest BCUT2D eigenvalue weighted by atomic mass is 32.1. The number of aromatic nitrogens is 1. The number of ether oxygens (including phenoxy) is 1. The minimum absolute atomic E-state index is 0.130. The smallest absolute Gasteiger partial charge is 0.236 e. The fourth-order valence-electron chi connectivity index (χ4n) is 3.00. The van der Waals surface area contributed by atoms with Crippen molar-refractivity contribution >= 4 is 27.5 Å². The summed E-state index contributed by atoms with van der Waals surface area (Å²) in [6, 6.07) is 8.07. The molecule has 3 rings (SSSR count). The summed E-state index contributed by atoms with van der Waals surface area (Å²) < 4.78 is 6.88. The van der Waals surface area contributed by atoms with E-state index in [-0.39, 0.29) is 18.1 Å². The number of rotatable bonds is 4. The Morgan fingerprint density at radius 1 is 1.35 bits per heavy atom. The maximum atomic E-state index is 12.5. The first-order chi connectivity index (χ1) is 11.0. The van der Waals surface area contributed by atoms with Crippen LogP contribution in [0.2, 0.25) is 0 Å². The van der Waals surface area contributed by atoms with E-state index >= 15 is 0 Å². The van der Waals surface area contributed by atoms with Crippen molar-refractivity contribution < 1.29 is 9.53 Å². The van der Waals surface area contributed by atoms with Crippen LogP contribution in [0.5, 0.6) is 0 Å². The van der Waals surface area contributed by atoms with Gasteiger partial charge in [-0.1, -0.05) is 12.1 Å². The van der Waals surface area contributed by atoms with E-state index in [9.17, 15) is 4.79 Å². The van der Waals surface area contributed by atoms with E-state index in [0.717, 1.165) is 23.6 Å². The van der Waals surface area contributed by atoms with Gasteiger partial charge in [-0.25, -0.2) is 4.98 Å². The van der Waals surface area contributed by atoms with E-state index in [1.165, 1.54) is 4.70 Å². The molecule has 1 saturated heterocycles. The zero-order valence-electron chi connectivity index (χ0n) is 13.9. The average molecular weight is 333 g/mol. The van der Waals surface area contributed by atoms with Gasteiger partial charge in [0, 0.05) is 20.1 Å². The number of carbonyl (C=O) groups excluding carboxylic acids is 1. The second kappa shape index (κ2) is 6.95. The van der Waals surface area contributed by atoms with E-state index < -0.39 is 0 Å². The number of thiazole rings is 1. The fraction of sp³-hybridized carbons (Fsp3) is 0.529. The lowest BCUT2D eigenvalue weighted by molar-refractivity contribution is -0.135. The molecule has 124 valence electrons. The third kappa shape index (κ3) is 4.07. The van der Waals surface area contributed by atoms with Gasteiger partial charge in [0.25, 0.3) is 0 Å². The molecule has 2 atom stereocenters. The summed E-state index contributed by atoms with van der Waals surface area (Å²) in [4.78, 5) is 21.0. The first kappa shape index (κ1) is 16.4. The Kier molecular flexibility index (Phi) is 4.94. The largest absolute Gasteiger partial charge is 0.373 e. The molecule has 0 saturated carbocycles. The highest BCUT2D eigenvalue weighted by Crippen LogP contribution is 2.22. The lowest BCUT2D eigenvalue weighted by Crippen LogP contribution is -2.49. The second-order valence-electron chi connectivity index (χ2n) is 6.28. The third-order valence-corrected chi connectivity index (χ3v) is 5.01. The van der Waals surface area contributed by atoms with Crippen LogP contribution in [0.1, 0.15) is 18.9 Å². The monoisotopic (exact) mass is 333 g/mol. The van der Waals surface area contributed by atoms with Gasteiger partial charge >= 0.3 is 0 Å². The van der Waals surface area contributed by atoms with Crippen molar-refractivity contribution in [2.75, 3.05) is 26.7 Å². The molecule has 6 heteroatoms. The maximum Gasteiger partial charge on any atom is 0.236 e. The van der Waals surface area contributed by atoms with Crippen molar-refractivity contribution in [3.8, 4) is 0 Å². The lowest BCUT2D eigenvalue weighted by Gasteiger charge is -2.35. The standard InChI is InChI=1S/C17H23N3O2S/c1-12-8-20(9-13(2)22-12)11-17(21)19(3)10-16-18-14-6-4-5-7-15(14)23-16/h4-7,12-13H,8-11H2,1-3H3/t12-,13-/m0/s1. The molecule has 2 aromatic rings. The average Bonchev–Trinajstić information content (AvgIpc) is 2.88. The molecule has 1 aromatic heterocycles. The van der Waals surface area contributed by atoms with Crippen LogP contribution in [-0.4, -0.2) is 59.6 Å². The first-order valence-corrected chi connectivity index (χ1v) is 8.79. The van der Waals surface area contributed by atoms with Crippen molar-refractivity contribution in [3.63, 3.8) is 0 Å². The molecule has 5 nitrogen and oxygen atoms in total. The number of carbonyl (C=O) groups is 1. The molecule has 0 spiro atoms. The van der Waals surface area contributed by atoms with Crippen LogP contribution in [0.15, 0.2) is 24.3 Å². The molecular formula is C17H23N3O2S. The Hall–Kier alpha value is -1.50. The van der Waals surface area contributed by atoms with Crippen LogP contribution >= 0.6 is 11.3 Å². The number of benzene rings is 1. The van der Waals surface area contributed by atoms with E-state index in [2.05, 4.69) is 29.8 Å². The van der Waals surface area contributed by atoms with Crippen LogP contribution in [0, 0.1) is 0 Å². The van der Waals surface area contributed by atoms with E-state index in [0.29, 0.717) is 13.1 Å². The highest BCUT2D eigenvalue weighted by Gasteiger charge is 2.24.